The number of nitrogen functional groups attached to an aromatic ring is 1. The van der Waals surface area contributed by atoms with Crippen LogP contribution in [0, 0.1) is 5.92 Å². The van der Waals surface area contributed by atoms with Gasteiger partial charge in [0.2, 0.25) is 0 Å². The van der Waals surface area contributed by atoms with E-state index >= 15 is 0 Å². The van der Waals surface area contributed by atoms with Crippen LogP contribution in [-0.4, -0.2) is 25.1 Å². The third-order valence-electron chi connectivity index (χ3n) is 3.93. The van der Waals surface area contributed by atoms with Gasteiger partial charge < -0.3 is 11.1 Å². The maximum absolute atomic E-state index is 12.0. The fourth-order valence-electron chi connectivity index (χ4n) is 2.72. The lowest BCUT2D eigenvalue weighted by Gasteiger charge is -2.21. The van der Waals surface area contributed by atoms with E-state index < -0.39 is 9.84 Å². The quantitative estimate of drug-likeness (QED) is 0.842. The molecule has 5 nitrogen and oxygen atoms in total. The smallest absolute Gasteiger partial charge is 0.184 e. The van der Waals surface area contributed by atoms with Crippen LogP contribution < -0.4 is 11.1 Å². The largest absolute Gasteiger partial charge is 0.382 e. The Balaban J connectivity index is 1.96. The van der Waals surface area contributed by atoms with Gasteiger partial charge in [0.25, 0.3) is 0 Å². The summed E-state index contributed by atoms with van der Waals surface area (Å²) in [4.78, 5) is 0.189. The molecule has 1 fully saturated rings. The van der Waals surface area contributed by atoms with E-state index in [4.69, 9.17) is 5.73 Å². The van der Waals surface area contributed by atoms with E-state index in [2.05, 4.69) is 9.69 Å². The molecule has 1 heterocycles. The molecule has 0 radical (unpaired) electrons. The summed E-state index contributed by atoms with van der Waals surface area (Å²) in [7, 11) is -3.31. The average Bonchev–Trinajstić information content (AvgIpc) is 2.82. The van der Waals surface area contributed by atoms with Crippen LogP contribution in [0.1, 0.15) is 45.4 Å². The van der Waals surface area contributed by atoms with Crippen LogP contribution in [0.5, 0.6) is 0 Å². The predicted octanol–water partition coefficient (Wildman–Crippen LogP) is 2.90. The number of sulfone groups is 1. The summed E-state index contributed by atoms with van der Waals surface area (Å²) in [6.07, 6.45) is 7.69. The highest BCUT2D eigenvalue weighted by atomic mass is 32.2. The number of hydrogen-bond acceptors (Lipinski definition) is 6. The van der Waals surface area contributed by atoms with Gasteiger partial charge in [0.1, 0.15) is 9.90 Å². The molecule has 1 aromatic heterocycles. The van der Waals surface area contributed by atoms with Crippen molar-refractivity contribution < 1.29 is 8.42 Å². The number of hydrogen-bond donors (Lipinski definition) is 2. The molecule has 0 spiro atoms. The van der Waals surface area contributed by atoms with Crippen molar-refractivity contribution >= 4 is 32.2 Å². The van der Waals surface area contributed by atoms with Gasteiger partial charge in [-0.15, -0.1) is 0 Å². The van der Waals surface area contributed by atoms with E-state index in [-0.39, 0.29) is 16.5 Å². The summed E-state index contributed by atoms with van der Waals surface area (Å²) in [6, 6.07) is 0. The van der Waals surface area contributed by atoms with Gasteiger partial charge >= 0.3 is 0 Å². The number of nitrogens with one attached hydrogen (secondary N) is 1. The molecular weight excluding hydrogens is 294 g/mol. The first-order valence-electron chi connectivity index (χ1n) is 7.26. The first kappa shape index (κ1) is 15.6. The topological polar surface area (TPSA) is 85.1 Å². The molecule has 3 N–H and O–H groups in total. The van der Waals surface area contributed by atoms with E-state index in [0.717, 1.165) is 30.4 Å². The standard InChI is InChI=1S/C13H23N3O2S2/c1-2-20(17,18)11-12(14)16-19-13(11)15-9-8-10-6-4-3-5-7-10/h10,15H,2-9H2,1H3,(H2,14,16). The summed E-state index contributed by atoms with van der Waals surface area (Å²) >= 11 is 1.14. The minimum absolute atomic E-state index is 0.0485. The molecule has 0 unspecified atom stereocenters. The summed E-state index contributed by atoms with van der Waals surface area (Å²) < 4.78 is 28.0. The number of anilines is 2. The van der Waals surface area contributed by atoms with Crippen LogP contribution in [0.15, 0.2) is 4.90 Å². The van der Waals surface area contributed by atoms with Crippen molar-refractivity contribution in [2.45, 2.75) is 50.3 Å². The van der Waals surface area contributed by atoms with Crippen molar-refractivity contribution in [3.05, 3.63) is 0 Å². The molecule has 1 aliphatic carbocycles. The summed E-state index contributed by atoms with van der Waals surface area (Å²) in [5, 5.41) is 3.82. The molecule has 0 aromatic carbocycles. The van der Waals surface area contributed by atoms with Crippen LogP contribution >= 0.6 is 11.5 Å². The van der Waals surface area contributed by atoms with Crippen LogP contribution in [-0.2, 0) is 9.84 Å². The Labute approximate surface area is 125 Å². The van der Waals surface area contributed by atoms with Gasteiger partial charge in [-0.3, -0.25) is 0 Å². The molecule has 1 aliphatic rings. The lowest BCUT2D eigenvalue weighted by atomic mass is 9.87. The molecule has 0 bridgehead atoms. The van der Waals surface area contributed by atoms with Gasteiger partial charge in [-0.05, 0) is 23.9 Å². The molecule has 0 amide bonds. The van der Waals surface area contributed by atoms with Crippen molar-refractivity contribution in [1.82, 2.24) is 4.37 Å². The SMILES string of the molecule is CCS(=O)(=O)c1c(N)nsc1NCCC1CCCCC1. The highest BCUT2D eigenvalue weighted by molar-refractivity contribution is 7.91. The normalized spacial score (nSPS) is 17.2. The lowest BCUT2D eigenvalue weighted by molar-refractivity contribution is 0.345. The maximum atomic E-state index is 12.0. The maximum Gasteiger partial charge on any atom is 0.184 e. The molecule has 1 aromatic rings. The van der Waals surface area contributed by atoms with Crippen molar-refractivity contribution in [2.75, 3.05) is 23.3 Å². The third kappa shape index (κ3) is 3.63. The Hall–Kier alpha value is -0.820. The fraction of sp³-hybridized carbons (Fsp3) is 0.769. The Morgan fingerprint density at radius 3 is 2.70 bits per heavy atom. The molecule has 0 atom stereocenters. The minimum Gasteiger partial charge on any atom is -0.382 e. The zero-order chi connectivity index (χ0) is 14.6. The molecule has 1 saturated carbocycles. The van der Waals surface area contributed by atoms with E-state index in [1.807, 2.05) is 0 Å². The van der Waals surface area contributed by atoms with Crippen LogP contribution in [0.25, 0.3) is 0 Å². The van der Waals surface area contributed by atoms with E-state index in [9.17, 15) is 8.42 Å². The van der Waals surface area contributed by atoms with Crippen molar-refractivity contribution in [1.29, 1.82) is 0 Å². The number of rotatable bonds is 6. The first-order valence-corrected chi connectivity index (χ1v) is 9.69. The highest BCUT2D eigenvalue weighted by Crippen LogP contribution is 2.33. The Kier molecular flexibility index (Phi) is 5.26. The molecule has 0 aliphatic heterocycles. The van der Waals surface area contributed by atoms with Gasteiger partial charge in [0.15, 0.2) is 15.7 Å². The molecule has 0 saturated heterocycles. The Morgan fingerprint density at radius 2 is 2.05 bits per heavy atom. The average molecular weight is 317 g/mol. The molecule has 2 rings (SSSR count). The number of nitrogens with zero attached hydrogens (tertiary/aromatic N) is 1. The molecular formula is C13H23N3O2S2. The first-order chi connectivity index (χ1) is 9.54. The van der Waals surface area contributed by atoms with Crippen LogP contribution in [0.2, 0.25) is 0 Å². The third-order valence-corrected chi connectivity index (χ3v) is 6.67. The second-order valence-corrected chi connectivity index (χ2v) is 8.34. The molecule has 114 valence electrons. The number of nitrogens with two attached hydrogens (primary N) is 1. The van der Waals surface area contributed by atoms with Crippen molar-refractivity contribution in [3.63, 3.8) is 0 Å². The number of aromatic nitrogens is 1. The minimum atomic E-state index is -3.31. The van der Waals surface area contributed by atoms with E-state index in [1.54, 1.807) is 6.92 Å². The second kappa shape index (κ2) is 6.76. The van der Waals surface area contributed by atoms with Crippen LogP contribution in [0.3, 0.4) is 0 Å². The fourth-order valence-corrected chi connectivity index (χ4v) is 4.91. The van der Waals surface area contributed by atoms with Crippen LogP contribution in [0.4, 0.5) is 10.8 Å². The summed E-state index contributed by atoms with van der Waals surface area (Å²) in [5.41, 5.74) is 5.70. The molecule has 20 heavy (non-hydrogen) atoms. The van der Waals surface area contributed by atoms with Crippen molar-refractivity contribution in [3.8, 4) is 0 Å². The van der Waals surface area contributed by atoms with E-state index in [1.165, 1.54) is 32.1 Å². The summed E-state index contributed by atoms with van der Waals surface area (Å²) in [5.74, 6) is 0.942. The van der Waals surface area contributed by atoms with Gasteiger partial charge in [0.05, 0.1) is 5.75 Å². The second-order valence-electron chi connectivity index (χ2n) is 5.35. The Morgan fingerprint density at radius 1 is 1.35 bits per heavy atom. The van der Waals surface area contributed by atoms with Gasteiger partial charge in [-0.2, -0.15) is 4.37 Å². The lowest BCUT2D eigenvalue weighted by Crippen LogP contribution is -2.13. The van der Waals surface area contributed by atoms with E-state index in [0.29, 0.717) is 5.00 Å². The predicted molar refractivity (Wildman–Crippen MR) is 83.9 cm³/mol. The zero-order valence-corrected chi connectivity index (χ0v) is 13.5. The highest BCUT2D eigenvalue weighted by Gasteiger charge is 2.24. The van der Waals surface area contributed by atoms with Gasteiger partial charge in [-0.25, -0.2) is 8.42 Å². The monoisotopic (exact) mass is 317 g/mol. The Bertz CT molecular complexity index is 534. The van der Waals surface area contributed by atoms with Gasteiger partial charge in [-0.1, -0.05) is 39.0 Å². The van der Waals surface area contributed by atoms with Crippen molar-refractivity contribution in [2.24, 2.45) is 5.92 Å². The summed E-state index contributed by atoms with van der Waals surface area (Å²) in [6.45, 7) is 2.41. The van der Waals surface area contributed by atoms with Gasteiger partial charge in [0, 0.05) is 6.54 Å². The molecule has 7 heteroatoms. The zero-order valence-electron chi connectivity index (χ0n) is 11.9.